The number of hydrogen-bond acceptors (Lipinski definition) is 1. The quantitative estimate of drug-likeness (QED) is 0.675. The van der Waals surface area contributed by atoms with Crippen molar-refractivity contribution in [1.29, 1.82) is 0 Å². The number of hydrogen-bond donors (Lipinski definition) is 0. The molecule has 0 radical (unpaired) electrons. The highest BCUT2D eigenvalue weighted by molar-refractivity contribution is 5.37. The van der Waals surface area contributed by atoms with Gasteiger partial charge in [-0.05, 0) is 42.4 Å². The minimum Gasteiger partial charge on any atom is -0.377 e. The van der Waals surface area contributed by atoms with Gasteiger partial charge in [0.1, 0.15) is 0 Å². The van der Waals surface area contributed by atoms with Crippen molar-refractivity contribution in [3.05, 3.63) is 34.9 Å². The predicted molar refractivity (Wildman–Crippen MR) is 79.2 cm³/mol. The van der Waals surface area contributed by atoms with Crippen molar-refractivity contribution in [2.45, 2.75) is 65.4 Å². The molecule has 1 nitrogen and oxygen atoms in total. The smallest absolute Gasteiger partial charge is 0.0793 e. The molecule has 1 heteroatoms. The molecule has 102 valence electrons. The van der Waals surface area contributed by atoms with E-state index in [2.05, 4.69) is 52.8 Å². The Morgan fingerprint density at radius 1 is 1.28 bits per heavy atom. The third-order valence-electron chi connectivity index (χ3n) is 3.97. The molecule has 0 spiro atoms. The van der Waals surface area contributed by atoms with Gasteiger partial charge in [0.2, 0.25) is 0 Å². The Morgan fingerprint density at radius 2 is 1.94 bits per heavy atom. The molecule has 0 aromatic heterocycles. The Bertz CT molecular complexity index is 379. The van der Waals surface area contributed by atoms with E-state index in [0.717, 1.165) is 0 Å². The first-order chi connectivity index (χ1) is 8.42. The van der Waals surface area contributed by atoms with Gasteiger partial charge < -0.3 is 4.74 Å². The monoisotopic (exact) mass is 248 g/mol. The van der Waals surface area contributed by atoms with Crippen LogP contribution in [0, 0.1) is 6.92 Å². The van der Waals surface area contributed by atoms with Crippen LogP contribution in [0.2, 0.25) is 0 Å². The molecular formula is C17H28O. The number of methoxy groups -OCH3 is 1. The van der Waals surface area contributed by atoms with Crippen LogP contribution in [0.3, 0.4) is 0 Å². The summed E-state index contributed by atoms with van der Waals surface area (Å²) in [5.41, 5.74) is 4.40. The zero-order chi connectivity index (χ0) is 13.8. The van der Waals surface area contributed by atoms with E-state index < -0.39 is 0 Å². The van der Waals surface area contributed by atoms with Crippen molar-refractivity contribution in [1.82, 2.24) is 0 Å². The van der Waals surface area contributed by atoms with Gasteiger partial charge in [0.05, 0.1) is 6.10 Å². The summed E-state index contributed by atoms with van der Waals surface area (Å²) in [6.45, 7) is 11.3. The maximum absolute atomic E-state index is 5.42. The van der Waals surface area contributed by atoms with E-state index in [4.69, 9.17) is 4.74 Å². The molecule has 0 saturated carbocycles. The molecule has 0 bridgehead atoms. The number of aryl methyl sites for hydroxylation is 1. The minimum atomic E-state index is 0.173. The summed E-state index contributed by atoms with van der Waals surface area (Å²) >= 11 is 0. The number of rotatable bonds is 6. The van der Waals surface area contributed by atoms with Crippen LogP contribution in [-0.4, -0.2) is 7.11 Å². The van der Waals surface area contributed by atoms with Gasteiger partial charge in [0.15, 0.2) is 0 Å². The van der Waals surface area contributed by atoms with Crippen molar-refractivity contribution in [2.24, 2.45) is 0 Å². The molecule has 1 rings (SSSR count). The van der Waals surface area contributed by atoms with Gasteiger partial charge in [-0.1, -0.05) is 51.8 Å². The molecule has 0 aliphatic rings. The first-order valence-electron chi connectivity index (χ1n) is 7.06. The van der Waals surface area contributed by atoms with E-state index in [1.54, 1.807) is 7.11 Å². The van der Waals surface area contributed by atoms with Gasteiger partial charge >= 0.3 is 0 Å². The summed E-state index contributed by atoms with van der Waals surface area (Å²) in [5.74, 6) is 0. The lowest BCUT2D eigenvalue weighted by atomic mass is 9.77. The molecule has 18 heavy (non-hydrogen) atoms. The number of unbranched alkanes of at least 4 members (excludes halogenated alkanes) is 1. The first-order valence-corrected chi connectivity index (χ1v) is 7.06. The molecule has 0 amide bonds. The average Bonchev–Trinajstić information content (AvgIpc) is 2.35. The summed E-state index contributed by atoms with van der Waals surface area (Å²) in [4.78, 5) is 0. The predicted octanol–water partition coefficient (Wildman–Crippen LogP) is 5.17. The second-order valence-corrected chi connectivity index (χ2v) is 5.94. The fourth-order valence-corrected chi connectivity index (χ4v) is 2.51. The largest absolute Gasteiger partial charge is 0.377 e. The van der Waals surface area contributed by atoms with Crippen LogP contribution in [0.1, 0.15) is 69.8 Å². The van der Waals surface area contributed by atoms with E-state index in [1.165, 1.54) is 36.0 Å². The lowest BCUT2D eigenvalue weighted by Gasteiger charge is -2.28. The normalized spacial score (nSPS) is 13.7. The molecule has 1 unspecified atom stereocenters. The van der Waals surface area contributed by atoms with Gasteiger partial charge in [-0.3, -0.25) is 0 Å². The van der Waals surface area contributed by atoms with Crippen molar-refractivity contribution in [2.75, 3.05) is 7.11 Å². The van der Waals surface area contributed by atoms with Gasteiger partial charge in [-0.2, -0.15) is 0 Å². The van der Waals surface area contributed by atoms with Crippen LogP contribution < -0.4 is 0 Å². The van der Waals surface area contributed by atoms with Gasteiger partial charge in [-0.15, -0.1) is 0 Å². The van der Waals surface area contributed by atoms with Crippen molar-refractivity contribution in [3.63, 3.8) is 0 Å². The van der Waals surface area contributed by atoms with E-state index in [9.17, 15) is 0 Å². The third-order valence-corrected chi connectivity index (χ3v) is 3.97. The molecule has 0 N–H and O–H groups in total. The summed E-state index contributed by atoms with van der Waals surface area (Å²) in [6, 6.07) is 6.75. The van der Waals surface area contributed by atoms with Gasteiger partial charge in [0, 0.05) is 7.11 Å². The van der Waals surface area contributed by atoms with Crippen LogP contribution in [0.4, 0.5) is 0 Å². The topological polar surface area (TPSA) is 9.23 Å². The van der Waals surface area contributed by atoms with E-state index >= 15 is 0 Å². The SMILES string of the molecule is CCCCC(C)(C)c1cc(C(C)OC)ccc1C. The van der Waals surface area contributed by atoms with Gasteiger partial charge in [-0.25, -0.2) is 0 Å². The first kappa shape index (κ1) is 15.2. The van der Waals surface area contributed by atoms with E-state index in [-0.39, 0.29) is 11.5 Å². The zero-order valence-corrected chi connectivity index (χ0v) is 12.8. The highest BCUT2D eigenvalue weighted by atomic mass is 16.5. The van der Waals surface area contributed by atoms with Crippen LogP contribution in [0.15, 0.2) is 18.2 Å². The molecule has 0 fully saturated rings. The minimum absolute atomic E-state index is 0.173. The Balaban J connectivity index is 3.06. The molecule has 0 aliphatic carbocycles. The molecule has 0 heterocycles. The fraction of sp³-hybridized carbons (Fsp3) is 0.647. The standard InChI is InChI=1S/C17H28O/c1-7-8-11-17(4,5)16-12-15(14(3)18-6)10-9-13(16)2/h9-10,12,14H,7-8,11H2,1-6H3. The second-order valence-electron chi connectivity index (χ2n) is 5.94. The molecule has 1 atom stereocenters. The second kappa shape index (κ2) is 6.38. The van der Waals surface area contributed by atoms with Crippen molar-refractivity contribution >= 4 is 0 Å². The van der Waals surface area contributed by atoms with Crippen LogP contribution >= 0.6 is 0 Å². The number of benzene rings is 1. The molecular weight excluding hydrogens is 220 g/mol. The van der Waals surface area contributed by atoms with E-state index in [0.29, 0.717) is 0 Å². The third kappa shape index (κ3) is 3.58. The highest BCUT2D eigenvalue weighted by Crippen LogP contribution is 2.33. The van der Waals surface area contributed by atoms with Crippen molar-refractivity contribution < 1.29 is 4.74 Å². The lowest BCUT2D eigenvalue weighted by molar-refractivity contribution is 0.119. The average molecular weight is 248 g/mol. The molecule has 0 aliphatic heterocycles. The number of ether oxygens (including phenoxy) is 1. The van der Waals surface area contributed by atoms with Crippen molar-refractivity contribution in [3.8, 4) is 0 Å². The Labute approximate surface area is 113 Å². The Morgan fingerprint density at radius 3 is 2.50 bits per heavy atom. The molecule has 1 aromatic carbocycles. The summed E-state index contributed by atoms with van der Waals surface area (Å²) in [7, 11) is 1.77. The Hall–Kier alpha value is -0.820. The molecule has 1 aromatic rings. The maximum Gasteiger partial charge on any atom is 0.0793 e. The zero-order valence-electron chi connectivity index (χ0n) is 12.8. The molecule has 0 saturated heterocycles. The van der Waals surface area contributed by atoms with E-state index in [1.807, 2.05) is 0 Å². The van der Waals surface area contributed by atoms with Crippen LogP contribution in [0.25, 0.3) is 0 Å². The summed E-state index contributed by atoms with van der Waals surface area (Å²) in [6.07, 6.45) is 3.97. The summed E-state index contributed by atoms with van der Waals surface area (Å²) in [5, 5.41) is 0. The van der Waals surface area contributed by atoms with Crippen LogP contribution in [-0.2, 0) is 10.2 Å². The Kier molecular flexibility index (Phi) is 5.40. The maximum atomic E-state index is 5.42. The highest BCUT2D eigenvalue weighted by Gasteiger charge is 2.22. The summed E-state index contributed by atoms with van der Waals surface area (Å²) < 4.78 is 5.42. The lowest BCUT2D eigenvalue weighted by Crippen LogP contribution is -2.19. The fourth-order valence-electron chi connectivity index (χ4n) is 2.51. The van der Waals surface area contributed by atoms with Crippen LogP contribution in [0.5, 0.6) is 0 Å². The van der Waals surface area contributed by atoms with Gasteiger partial charge in [0.25, 0.3) is 0 Å².